The van der Waals surface area contributed by atoms with Gasteiger partial charge in [0.25, 0.3) is 0 Å². The zero-order chi connectivity index (χ0) is 13.4. The molecule has 0 radical (unpaired) electrons. The van der Waals surface area contributed by atoms with Crippen molar-refractivity contribution in [3.63, 3.8) is 0 Å². The summed E-state index contributed by atoms with van der Waals surface area (Å²) in [7, 11) is 0. The maximum absolute atomic E-state index is 10.5. The van der Waals surface area contributed by atoms with Crippen molar-refractivity contribution < 1.29 is 5.11 Å². The third-order valence-corrected chi connectivity index (χ3v) is 4.01. The summed E-state index contributed by atoms with van der Waals surface area (Å²) in [5.74, 6) is 7.61. The Morgan fingerprint density at radius 3 is 2.50 bits per heavy atom. The molecule has 1 aliphatic carbocycles. The van der Waals surface area contributed by atoms with Gasteiger partial charge in [-0.1, -0.05) is 25.2 Å². The van der Waals surface area contributed by atoms with E-state index >= 15 is 0 Å². The van der Waals surface area contributed by atoms with E-state index in [1.54, 1.807) is 0 Å². The van der Waals surface area contributed by atoms with E-state index in [1.165, 1.54) is 6.42 Å². The molecule has 0 spiro atoms. The predicted octanol–water partition coefficient (Wildman–Crippen LogP) is 2.71. The largest absolute Gasteiger partial charge is 0.377 e. The molecule has 4 heteroatoms. The molecule has 0 aliphatic heterocycles. The van der Waals surface area contributed by atoms with Crippen LogP contribution in [0.3, 0.4) is 0 Å². The minimum atomic E-state index is -0.786. The summed E-state index contributed by atoms with van der Waals surface area (Å²) >= 11 is 11.5. The SMILES string of the molecule is CC1CCCCC1(O)C#CCN(CCCl)CCCl. The number of alkyl halides is 2. The first kappa shape index (κ1) is 16.1. The third-order valence-electron chi connectivity index (χ3n) is 3.67. The van der Waals surface area contributed by atoms with Gasteiger partial charge in [-0.15, -0.1) is 23.2 Å². The van der Waals surface area contributed by atoms with Crippen LogP contribution in [0.2, 0.25) is 0 Å². The highest BCUT2D eigenvalue weighted by molar-refractivity contribution is 6.18. The molecule has 0 aromatic carbocycles. The van der Waals surface area contributed by atoms with Gasteiger partial charge < -0.3 is 5.11 Å². The second-order valence-electron chi connectivity index (χ2n) is 5.03. The van der Waals surface area contributed by atoms with E-state index in [4.69, 9.17) is 23.2 Å². The summed E-state index contributed by atoms with van der Waals surface area (Å²) in [5, 5.41) is 10.5. The molecule has 2 atom stereocenters. The molecule has 1 N–H and O–H groups in total. The van der Waals surface area contributed by atoms with Gasteiger partial charge in [0.15, 0.2) is 0 Å². The fourth-order valence-corrected chi connectivity index (χ4v) is 2.81. The molecule has 104 valence electrons. The summed E-state index contributed by atoms with van der Waals surface area (Å²) in [6.07, 6.45) is 4.14. The maximum atomic E-state index is 10.5. The minimum absolute atomic E-state index is 0.272. The van der Waals surface area contributed by atoms with Gasteiger partial charge in [0.2, 0.25) is 0 Å². The van der Waals surface area contributed by atoms with E-state index in [2.05, 4.69) is 23.7 Å². The van der Waals surface area contributed by atoms with Crippen LogP contribution < -0.4 is 0 Å². The monoisotopic (exact) mass is 291 g/mol. The van der Waals surface area contributed by atoms with Crippen molar-refractivity contribution in [2.75, 3.05) is 31.4 Å². The third kappa shape index (κ3) is 4.97. The van der Waals surface area contributed by atoms with E-state index in [1.807, 2.05) is 0 Å². The fraction of sp³-hybridized carbons (Fsp3) is 0.857. The number of rotatable bonds is 5. The second-order valence-corrected chi connectivity index (χ2v) is 5.78. The van der Waals surface area contributed by atoms with Crippen LogP contribution in [0, 0.1) is 17.8 Å². The van der Waals surface area contributed by atoms with Crippen molar-refractivity contribution in [2.24, 2.45) is 5.92 Å². The first-order valence-corrected chi connectivity index (χ1v) is 7.76. The molecule has 0 saturated heterocycles. The normalized spacial score (nSPS) is 27.9. The van der Waals surface area contributed by atoms with Crippen LogP contribution in [-0.2, 0) is 0 Å². The van der Waals surface area contributed by atoms with Crippen molar-refractivity contribution in [2.45, 2.75) is 38.2 Å². The van der Waals surface area contributed by atoms with E-state index in [0.29, 0.717) is 18.3 Å². The maximum Gasteiger partial charge on any atom is 0.128 e. The van der Waals surface area contributed by atoms with E-state index in [0.717, 1.165) is 32.4 Å². The molecule has 0 aromatic rings. The number of nitrogens with zero attached hydrogens (tertiary/aromatic N) is 1. The van der Waals surface area contributed by atoms with E-state index in [-0.39, 0.29) is 5.92 Å². The van der Waals surface area contributed by atoms with Crippen molar-refractivity contribution in [3.8, 4) is 11.8 Å². The van der Waals surface area contributed by atoms with Crippen LogP contribution in [0.4, 0.5) is 0 Å². The summed E-state index contributed by atoms with van der Waals surface area (Å²) in [4.78, 5) is 2.11. The second kappa shape index (κ2) is 8.27. The lowest BCUT2D eigenvalue weighted by atomic mass is 9.77. The van der Waals surface area contributed by atoms with Crippen LogP contribution >= 0.6 is 23.2 Å². The average molecular weight is 292 g/mol. The standard InChI is InChI=1S/C14H23Cl2NO/c1-13-5-2-3-6-14(13,18)7-4-10-17(11-8-15)12-9-16/h13,18H,2-3,5-6,8-12H2,1H3. The summed E-state index contributed by atoms with van der Waals surface area (Å²) < 4.78 is 0. The highest BCUT2D eigenvalue weighted by atomic mass is 35.5. The number of hydrogen-bond donors (Lipinski definition) is 1. The predicted molar refractivity (Wildman–Crippen MR) is 78.2 cm³/mol. The molecule has 2 unspecified atom stereocenters. The molecule has 1 saturated carbocycles. The fourth-order valence-electron chi connectivity index (χ4n) is 2.33. The quantitative estimate of drug-likeness (QED) is 0.622. The van der Waals surface area contributed by atoms with Gasteiger partial charge in [0.1, 0.15) is 5.60 Å². The van der Waals surface area contributed by atoms with E-state index < -0.39 is 5.60 Å². The smallest absolute Gasteiger partial charge is 0.128 e. The van der Waals surface area contributed by atoms with Crippen LogP contribution in [0.15, 0.2) is 0 Å². The van der Waals surface area contributed by atoms with Gasteiger partial charge in [0.05, 0.1) is 6.54 Å². The zero-order valence-electron chi connectivity index (χ0n) is 11.1. The first-order chi connectivity index (χ1) is 8.62. The van der Waals surface area contributed by atoms with Crippen LogP contribution in [0.1, 0.15) is 32.6 Å². The van der Waals surface area contributed by atoms with Crippen LogP contribution in [0.5, 0.6) is 0 Å². The molecule has 1 fully saturated rings. The Labute approximate surface area is 121 Å². The summed E-state index contributed by atoms with van der Waals surface area (Å²) in [6.45, 7) is 4.30. The lowest BCUT2D eigenvalue weighted by Crippen LogP contribution is -2.38. The zero-order valence-corrected chi connectivity index (χ0v) is 12.6. The molecule has 0 amide bonds. The lowest BCUT2D eigenvalue weighted by molar-refractivity contribution is 0.0125. The molecule has 0 heterocycles. The van der Waals surface area contributed by atoms with Gasteiger partial charge in [-0.2, -0.15) is 0 Å². The average Bonchev–Trinajstić information content (AvgIpc) is 2.34. The summed E-state index contributed by atoms with van der Waals surface area (Å²) in [5.41, 5.74) is -0.786. The molecule has 2 nitrogen and oxygen atoms in total. The highest BCUT2D eigenvalue weighted by Gasteiger charge is 2.33. The number of hydrogen-bond acceptors (Lipinski definition) is 2. The molecule has 0 bridgehead atoms. The Bertz CT molecular complexity index is 294. The molecular weight excluding hydrogens is 269 g/mol. The minimum Gasteiger partial charge on any atom is -0.377 e. The number of aliphatic hydroxyl groups is 1. The Balaban J connectivity index is 2.51. The molecule has 1 aliphatic rings. The van der Waals surface area contributed by atoms with Crippen LogP contribution in [-0.4, -0.2) is 47.0 Å². The van der Waals surface area contributed by atoms with Crippen molar-refractivity contribution in [1.82, 2.24) is 4.90 Å². The Kier molecular flexibility index (Phi) is 7.41. The van der Waals surface area contributed by atoms with E-state index in [9.17, 15) is 5.11 Å². The molecule has 18 heavy (non-hydrogen) atoms. The number of halogens is 2. The van der Waals surface area contributed by atoms with Crippen molar-refractivity contribution in [3.05, 3.63) is 0 Å². The Morgan fingerprint density at radius 1 is 1.28 bits per heavy atom. The van der Waals surface area contributed by atoms with Gasteiger partial charge in [-0.3, -0.25) is 4.90 Å². The first-order valence-electron chi connectivity index (χ1n) is 6.69. The topological polar surface area (TPSA) is 23.5 Å². The highest BCUT2D eigenvalue weighted by Crippen LogP contribution is 2.32. The van der Waals surface area contributed by atoms with Crippen LogP contribution in [0.25, 0.3) is 0 Å². The van der Waals surface area contributed by atoms with Crippen molar-refractivity contribution in [1.29, 1.82) is 0 Å². The Hall–Kier alpha value is 0.0600. The molecular formula is C14H23Cl2NO. The Morgan fingerprint density at radius 2 is 1.94 bits per heavy atom. The van der Waals surface area contributed by atoms with Gasteiger partial charge in [0, 0.05) is 24.8 Å². The van der Waals surface area contributed by atoms with Gasteiger partial charge in [-0.05, 0) is 25.2 Å². The molecule has 1 rings (SSSR count). The summed E-state index contributed by atoms with van der Waals surface area (Å²) in [6, 6.07) is 0. The molecule has 0 aromatic heterocycles. The van der Waals surface area contributed by atoms with Crippen molar-refractivity contribution >= 4 is 23.2 Å². The lowest BCUT2D eigenvalue weighted by Gasteiger charge is -2.33. The van der Waals surface area contributed by atoms with Gasteiger partial charge >= 0.3 is 0 Å². The van der Waals surface area contributed by atoms with Gasteiger partial charge in [-0.25, -0.2) is 0 Å².